The second-order valence-corrected chi connectivity index (χ2v) is 2.90. The van der Waals surface area contributed by atoms with Crippen LogP contribution in [0.4, 0.5) is 0 Å². The second kappa shape index (κ2) is 4.03. The predicted octanol–water partition coefficient (Wildman–Crippen LogP) is 2.30. The molecule has 0 aliphatic carbocycles. The monoisotopic (exact) mass is 121 g/mol. The molecule has 0 saturated carbocycles. The Bertz CT molecular complexity index is 67.3. The Balaban J connectivity index is 3.62. The zero-order chi connectivity index (χ0) is 7.33. The smallest absolute Gasteiger partial charge is 0.0915 e. The number of rotatable bonds is 4. The number of hydrogen-bond acceptors (Lipinski definition) is 0. The number of hydrogen-bond donors (Lipinski definition) is 0. The van der Waals surface area contributed by atoms with Gasteiger partial charge in [-0.2, -0.15) is 0 Å². The van der Waals surface area contributed by atoms with Crippen LogP contribution in [0.1, 0.15) is 26.7 Å². The summed E-state index contributed by atoms with van der Waals surface area (Å²) in [5.74, 6) is 0. The first-order valence-electron chi connectivity index (χ1n) is 3.69. The van der Waals surface area contributed by atoms with E-state index in [1.165, 1.54) is 12.8 Å². The van der Waals surface area contributed by atoms with E-state index in [1.807, 2.05) is 0 Å². The molecule has 0 aromatic carbocycles. The summed E-state index contributed by atoms with van der Waals surface area (Å²) in [5, 5.41) is 0.286. The van der Waals surface area contributed by atoms with Gasteiger partial charge in [-0.15, -0.1) is 0 Å². The average Bonchev–Trinajstić information content (AvgIpc) is 1.89. The van der Waals surface area contributed by atoms with Crippen LogP contribution in [0.5, 0.6) is 0 Å². The largest absolute Gasteiger partial charge is 0.113 e. The summed E-state index contributed by atoms with van der Waals surface area (Å²) < 4.78 is 0. The summed E-state index contributed by atoms with van der Waals surface area (Å²) >= 11 is 0. The normalized spacial score (nSPS) is 16.8. The molecular formula is C7H15B2. The summed E-state index contributed by atoms with van der Waals surface area (Å²) in [6.45, 7) is 6.48. The van der Waals surface area contributed by atoms with Crippen molar-refractivity contribution < 1.29 is 0 Å². The lowest BCUT2D eigenvalue weighted by molar-refractivity contribution is 0.593. The summed E-state index contributed by atoms with van der Waals surface area (Å²) in [6, 6.07) is 0. The van der Waals surface area contributed by atoms with Crippen LogP contribution >= 0.6 is 0 Å². The lowest BCUT2D eigenvalue weighted by Gasteiger charge is -2.25. The minimum Gasteiger partial charge on any atom is -0.0915 e. The van der Waals surface area contributed by atoms with Crippen molar-refractivity contribution in [2.75, 3.05) is 0 Å². The summed E-state index contributed by atoms with van der Waals surface area (Å²) in [6.07, 6.45) is 3.20. The summed E-state index contributed by atoms with van der Waals surface area (Å²) in [5.41, 5.74) is 0. The molecule has 9 heavy (non-hydrogen) atoms. The standard InChI is InChI=1S/C7H15B2/c1-4-5-7(2,6-8)9-3/h4-6H2,1-3H3/t7-/m1/s1. The van der Waals surface area contributed by atoms with Gasteiger partial charge in [0.05, 0.1) is 7.85 Å². The minimum atomic E-state index is 0.286. The molecule has 0 rings (SSSR count). The molecule has 0 aromatic rings. The SMILES string of the molecule is [B]C[C@](C)([B]C)CCC. The van der Waals surface area contributed by atoms with Gasteiger partial charge in [-0.05, 0) is 0 Å². The Hall–Kier alpha value is 0.130. The van der Waals surface area contributed by atoms with Crippen molar-refractivity contribution in [1.82, 2.24) is 0 Å². The maximum Gasteiger partial charge on any atom is 0.113 e. The minimum absolute atomic E-state index is 0.286. The van der Waals surface area contributed by atoms with Gasteiger partial charge in [0.1, 0.15) is 7.28 Å². The van der Waals surface area contributed by atoms with Crippen LogP contribution in [0, 0.1) is 0 Å². The highest BCUT2D eigenvalue weighted by Gasteiger charge is 2.17. The van der Waals surface area contributed by atoms with Crippen molar-refractivity contribution in [2.45, 2.75) is 45.1 Å². The van der Waals surface area contributed by atoms with Gasteiger partial charge in [-0.25, -0.2) is 0 Å². The molecule has 0 unspecified atom stereocenters. The van der Waals surface area contributed by atoms with Crippen LogP contribution in [0.25, 0.3) is 0 Å². The van der Waals surface area contributed by atoms with Crippen molar-refractivity contribution in [2.24, 2.45) is 0 Å². The van der Waals surface area contributed by atoms with Gasteiger partial charge < -0.3 is 0 Å². The fourth-order valence-electron chi connectivity index (χ4n) is 0.935. The van der Waals surface area contributed by atoms with Crippen LogP contribution < -0.4 is 0 Å². The molecular weight excluding hydrogens is 106 g/mol. The fourth-order valence-corrected chi connectivity index (χ4v) is 0.935. The van der Waals surface area contributed by atoms with Crippen molar-refractivity contribution in [3.05, 3.63) is 0 Å². The van der Waals surface area contributed by atoms with E-state index in [0.29, 0.717) is 0 Å². The first-order valence-corrected chi connectivity index (χ1v) is 3.69. The lowest BCUT2D eigenvalue weighted by Crippen LogP contribution is -2.13. The van der Waals surface area contributed by atoms with Crippen LogP contribution in [-0.2, 0) is 0 Å². The van der Waals surface area contributed by atoms with E-state index in [0.717, 1.165) is 6.32 Å². The van der Waals surface area contributed by atoms with Gasteiger partial charge >= 0.3 is 0 Å². The molecule has 49 valence electrons. The first-order chi connectivity index (χ1) is 4.18. The summed E-state index contributed by atoms with van der Waals surface area (Å²) in [7, 11) is 7.78. The van der Waals surface area contributed by atoms with E-state index >= 15 is 0 Å². The molecule has 2 heteroatoms. The van der Waals surface area contributed by atoms with Crippen molar-refractivity contribution >= 4 is 15.1 Å². The highest BCUT2D eigenvalue weighted by Crippen LogP contribution is 2.33. The molecule has 0 nitrogen and oxygen atoms in total. The molecule has 1 atom stereocenters. The molecule has 0 fully saturated rings. The first kappa shape index (κ1) is 9.13. The molecule has 0 saturated heterocycles. The lowest BCUT2D eigenvalue weighted by atomic mass is 9.49. The molecule has 0 bridgehead atoms. The Morgan fingerprint density at radius 3 is 2.22 bits per heavy atom. The maximum atomic E-state index is 5.57. The second-order valence-electron chi connectivity index (χ2n) is 2.90. The molecule has 0 heterocycles. The van der Waals surface area contributed by atoms with Gasteiger partial charge in [0.25, 0.3) is 0 Å². The Kier molecular flexibility index (Phi) is 4.09. The topological polar surface area (TPSA) is 0 Å². The van der Waals surface area contributed by atoms with E-state index in [1.54, 1.807) is 0 Å². The quantitative estimate of drug-likeness (QED) is 0.500. The van der Waals surface area contributed by atoms with E-state index in [2.05, 4.69) is 28.0 Å². The van der Waals surface area contributed by atoms with Gasteiger partial charge in [0.15, 0.2) is 0 Å². The van der Waals surface area contributed by atoms with E-state index < -0.39 is 0 Å². The van der Waals surface area contributed by atoms with Crippen LogP contribution in [0.15, 0.2) is 0 Å². The molecule has 0 amide bonds. The van der Waals surface area contributed by atoms with Crippen LogP contribution in [-0.4, -0.2) is 15.1 Å². The third kappa shape index (κ3) is 2.98. The fraction of sp³-hybridized carbons (Fsp3) is 1.00. The van der Waals surface area contributed by atoms with Crippen LogP contribution in [0.2, 0.25) is 18.5 Å². The van der Waals surface area contributed by atoms with Gasteiger partial charge in [-0.3, -0.25) is 0 Å². The molecule has 0 aliphatic heterocycles. The average molecular weight is 121 g/mol. The van der Waals surface area contributed by atoms with Gasteiger partial charge in [0, 0.05) is 0 Å². The zero-order valence-corrected chi connectivity index (χ0v) is 6.78. The highest BCUT2D eigenvalue weighted by molar-refractivity contribution is 6.40. The molecule has 0 spiro atoms. The Morgan fingerprint density at radius 2 is 2.11 bits per heavy atom. The highest BCUT2D eigenvalue weighted by atomic mass is 14.1. The Labute approximate surface area is 61.1 Å². The maximum absolute atomic E-state index is 5.57. The predicted molar refractivity (Wildman–Crippen MR) is 45.5 cm³/mol. The third-order valence-corrected chi connectivity index (χ3v) is 1.98. The van der Waals surface area contributed by atoms with E-state index in [-0.39, 0.29) is 5.31 Å². The van der Waals surface area contributed by atoms with Gasteiger partial charge in [0.2, 0.25) is 0 Å². The molecule has 3 radical (unpaired) electrons. The molecule has 0 aliphatic rings. The zero-order valence-electron chi connectivity index (χ0n) is 6.78. The van der Waals surface area contributed by atoms with Crippen molar-refractivity contribution in [1.29, 1.82) is 0 Å². The molecule has 0 N–H and O–H groups in total. The molecule has 0 aromatic heterocycles. The van der Waals surface area contributed by atoms with E-state index in [9.17, 15) is 0 Å². The van der Waals surface area contributed by atoms with Crippen molar-refractivity contribution in [3.63, 3.8) is 0 Å². The van der Waals surface area contributed by atoms with Gasteiger partial charge in [-0.1, -0.05) is 45.1 Å². The summed E-state index contributed by atoms with van der Waals surface area (Å²) in [4.78, 5) is 0. The van der Waals surface area contributed by atoms with Crippen molar-refractivity contribution in [3.8, 4) is 0 Å². The van der Waals surface area contributed by atoms with E-state index in [4.69, 9.17) is 7.85 Å². The Morgan fingerprint density at radius 1 is 1.56 bits per heavy atom. The van der Waals surface area contributed by atoms with Crippen LogP contribution in [0.3, 0.4) is 0 Å². The third-order valence-electron chi connectivity index (χ3n) is 1.98.